The molecule has 1 fully saturated rings. The Hall–Kier alpha value is -1.11. The van der Waals surface area contributed by atoms with Gasteiger partial charge in [0.15, 0.2) is 0 Å². The van der Waals surface area contributed by atoms with E-state index in [1.54, 1.807) is 18.2 Å². The number of sulfonamides is 1. The number of halogens is 2. The van der Waals surface area contributed by atoms with E-state index in [1.807, 2.05) is 24.3 Å². The van der Waals surface area contributed by atoms with Crippen molar-refractivity contribution in [2.24, 2.45) is 0 Å². The summed E-state index contributed by atoms with van der Waals surface area (Å²) in [4.78, 5) is 2.49. The van der Waals surface area contributed by atoms with E-state index in [0.29, 0.717) is 31.2 Å². The largest absolute Gasteiger partial charge is 0.296 e. The molecule has 0 spiro atoms. The minimum Gasteiger partial charge on any atom is -0.296 e. The maximum absolute atomic E-state index is 12.7. The average molecular weight is 385 g/mol. The fourth-order valence-electron chi connectivity index (χ4n) is 2.75. The summed E-state index contributed by atoms with van der Waals surface area (Å²) in [5.41, 5.74) is 1.17. The van der Waals surface area contributed by atoms with Gasteiger partial charge in [-0.05, 0) is 35.9 Å². The van der Waals surface area contributed by atoms with Gasteiger partial charge in [-0.1, -0.05) is 41.4 Å². The normalized spacial score (nSPS) is 17.1. The molecule has 0 unspecified atom stereocenters. The van der Waals surface area contributed by atoms with Crippen LogP contribution in [0.2, 0.25) is 10.0 Å². The van der Waals surface area contributed by atoms with Gasteiger partial charge < -0.3 is 0 Å². The van der Waals surface area contributed by atoms with Gasteiger partial charge in [0.25, 0.3) is 0 Å². The molecule has 4 nitrogen and oxygen atoms in total. The minimum absolute atomic E-state index is 0.251. The zero-order valence-corrected chi connectivity index (χ0v) is 15.4. The molecule has 2 aromatic rings. The summed E-state index contributed by atoms with van der Waals surface area (Å²) in [7, 11) is -3.48. The van der Waals surface area contributed by atoms with Crippen LogP contribution >= 0.6 is 23.2 Å². The molecule has 7 heteroatoms. The second-order valence-electron chi connectivity index (χ2n) is 5.76. The molecule has 0 atom stereocenters. The van der Waals surface area contributed by atoms with Gasteiger partial charge in [0.2, 0.25) is 10.0 Å². The highest BCUT2D eigenvalue weighted by atomic mass is 35.5. The van der Waals surface area contributed by atoms with Crippen LogP contribution in [0.1, 0.15) is 5.56 Å². The molecule has 1 heterocycles. The monoisotopic (exact) mass is 384 g/mol. The lowest BCUT2D eigenvalue weighted by Gasteiger charge is -2.34. The van der Waals surface area contributed by atoms with Crippen molar-refractivity contribution in [2.75, 3.05) is 26.2 Å². The molecule has 0 N–H and O–H groups in total. The first-order chi connectivity index (χ1) is 11.4. The quantitative estimate of drug-likeness (QED) is 0.809. The molecule has 0 saturated carbocycles. The predicted octanol–water partition coefficient (Wildman–Crippen LogP) is 3.50. The van der Waals surface area contributed by atoms with E-state index < -0.39 is 10.0 Å². The second kappa shape index (κ2) is 7.42. The summed E-state index contributed by atoms with van der Waals surface area (Å²) >= 11 is 11.8. The summed E-state index contributed by atoms with van der Waals surface area (Å²) in [6, 6.07) is 14.2. The van der Waals surface area contributed by atoms with Gasteiger partial charge in [-0.3, -0.25) is 4.90 Å². The van der Waals surface area contributed by atoms with E-state index in [0.717, 1.165) is 11.6 Å². The lowest BCUT2D eigenvalue weighted by molar-refractivity contribution is 0.181. The zero-order chi connectivity index (χ0) is 17.2. The molecular formula is C17H18Cl2N2O2S. The lowest BCUT2D eigenvalue weighted by Crippen LogP contribution is -2.48. The smallest absolute Gasteiger partial charge is 0.243 e. The zero-order valence-electron chi connectivity index (χ0n) is 13.0. The van der Waals surface area contributed by atoms with Crippen molar-refractivity contribution in [1.29, 1.82) is 0 Å². The Morgan fingerprint density at radius 3 is 2.17 bits per heavy atom. The van der Waals surface area contributed by atoms with Crippen molar-refractivity contribution in [3.05, 3.63) is 64.1 Å². The van der Waals surface area contributed by atoms with E-state index in [2.05, 4.69) is 4.90 Å². The molecule has 1 saturated heterocycles. The molecular weight excluding hydrogens is 367 g/mol. The Kier molecular flexibility index (Phi) is 5.47. The topological polar surface area (TPSA) is 40.6 Å². The van der Waals surface area contributed by atoms with Crippen molar-refractivity contribution >= 4 is 33.2 Å². The lowest BCUT2D eigenvalue weighted by atomic mass is 10.2. The van der Waals surface area contributed by atoms with Gasteiger partial charge in [-0.25, -0.2) is 8.42 Å². The first-order valence-corrected chi connectivity index (χ1v) is 9.87. The van der Waals surface area contributed by atoms with Crippen LogP contribution in [0.4, 0.5) is 0 Å². The SMILES string of the molecule is O=S(=O)(c1cccc(Cl)c1)N1CCN(Cc2ccc(Cl)cc2)CC1. The Morgan fingerprint density at radius 2 is 1.54 bits per heavy atom. The van der Waals surface area contributed by atoms with E-state index in [-0.39, 0.29) is 4.90 Å². The van der Waals surface area contributed by atoms with Crippen LogP contribution in [0.25, 0.3) is 0 Å². The van der Waals surface area contributed by atoms with Crippen LogP contribution in [0.3, 0.4) is 0 Å². The fourth-order valence-corrected chi connectivity index (χ4v) is 4.60. The standard InChI is InChI=1S/C17H18Cl2N2O2S/c18-15-6-4-14(5-7-15)13-20-8-10-21(11-9-20)24(22,23)17-3-1-2-16(19)12-17/h1-7,12H,8-11,13H2. The van der Waals surface area contributed by atoms with Crippen molar-refractivity contribution in [3.8, 4) is 0 Å². The highest BCUT2D eigenvalue weighted by Crippen LogP contribution is 2.21. The van der Waals surface area contributed by atoms with E-state index in [9.17, 15) is 8.42 Å². The molecule has 128 valence electrons. The molecule has 0 amide bonds. The molecule has 1 aliphatic heterocycles. The van der Waals surface area contributed by atoms with Gasteiger partial charge in [0, 0.05) is 42.8 Å². The van der Waals surface area contributed by atoms with Crippen molar-refractivity contribution in [2.45, 2.75) is 11.4 Å². The number of piperazine rings is 1. The van der Waals surface area contributed by atoms with Crippen LogP contribution in [-0.2, 0) is 16.6 Å². The summed E-state index contributed by atoms with van der Waals surface area (Å²) in [5.74, 6) is 0. The summed E-state index contributed by atoms with van der Waals surface area (Å²) in [6.07, 6.45) is 0. The predicted molar refractivity (Wildman–Crippen MR) is 96.9 cm³/mol. The Labute approximate surface area is 152 Å². The van der Waals surface area contributed by atoms with Crippen molar-refractivity contribution < 1.29 is 8.42 Å². The van der Waals surface area contributed by atoms with Gasteiger partial charge >= 0.3 is 0 Å². The van der Waals surface area contributed by atoms with Crippen LogP contribution in [0.5, 0.6) is 0 Å². The molecule has 0 radical (unpaired) electrons. The number of hydrogen-bond acceptors (Lipinski definition) is 3. The Balaban J connectivity index is 1.63. The van der Waals surface area contributed by atoms with Gasteiger partial charge in [-0.2, -0.15) is 4.31 Å². The molecule has 24 heavy (non-hydrogen) atoms. The molecule has 0 aromatic heterocycles. The first kappa shape index (κ1) is 17.7. The number of benzene rings is 2. The van der Waals surface area contributed by atoms with Crippen molar-refractivity contribution in [1.82, 2.24) is 9.21 Å². The van der Waals surface area contributed by atoms with E-state index in [1.165, 1.54) is 15.9 Å². The number of rotatable bonds is 4. The Morgan fingerprint density at radius 1 is 0.875 bits per heavy atom. The third-order valence-electron chi connectivity index (χ3n) is 4.08. The summed E-state index contributed by atoms with van der Waals surface area (Å²) < 4.78 is 26.9. The molecule has 1 aliphatic rings. The second-order valence-corrected chi connectivity index (χ2v) is 8.57. The molecule has 0 aliphatic carbocycles. The maximum Gasteiger partial charge on any atom is 0.243 e. The average Bonchev–Trinajstić information content (AvgIpc) is 2.57. The van der Waals surface area contributed by atoms with Crippen molar-refractivity contribution in [3.63, 3.8) is 0 Å². The Bertz CT molecular complexity index is 802. The van der Waals surface area contributed by atoms with Crippen LogP contribution in [-0.4, -0.2) is 43.8 Å². The molecule has 3 rings (SSSR count). The first-order valence-electron chi connectivity index (χ1n) is 7.68. The number of hydrogen-bond donors (Lipinski definition) is 0. The number of nitrogens with zero attached hydrogens (tertiary/aromatic N) is 2. The minimum atomic E-state index is -3.48. The summed E-state index contributed by atoms with van der Waals surface area (Å²) in [6.45, 7) is 3.14. The van der Waals surface area contributed by atoms with E-state index >= 15 is 0 Å². The van der Waals surface area contributed by atoms with Gasteiger partial charge in [0.1, 0.15) is 0 Å². The maximum atomic E-state index is 12.7. The van der Waals surface area contributed by atoms with Crippen LogP contribution < -0.4 is 0 Å². The van der Waals surface area contributed by atoms with E-state index in [4.69, 9.17) is 23.2 Å². The third kappa shape index (κ3) is 4.10. The molecule has 0 bridgehead atoms. The fraction of sp³-hybridized carbons (Fsp3) is 0.294. The molecule has 2 aromatic carbocycles. The van der Waals surface area contributed by atoms with Gasteiger partial charge in [-0.15, -0.1) is 0 Å². The third-order valence-corrected chi connectivity index (χ3v) is 6.47. The highest BCUT2D eigenvalue weighted by Gasteiger charge is 2.28. The van der Waals surface area contributed by atoms with Gasteiger partial charge in [0.05, 0.1) is 4.90 Å². The van der Waals surface area contributed by atoms with Crippen LogP contribution in [0.15, 0.2) is 53.4 Å². The van der Waals surface area contributed by atoms with Crippen LogP contribution in [0, 0.1) is 0 Å². The highest BCUT2D eigenvalue weighted by molar-refractivity contribution is 7.89. The summed E-state index contributed by atoms with van der Waals surface area (Å²) in [5, 5.41) is 1.15.